The van der Waals surface area contributed by atoms with Crippen molar-refractivity contribution in [2.24, 2.45) is 0 Å². The Kier molecular flexibility index (Phi) is 7.42. The first-order valence-corrected chi connectivity index (χ1v) is 9.35. The highest BCUT2D eigenvalue weighted by Crippen LogP contribution is 2.31. The van der Waals surface area contributed by atoms with Crippen molar-refractivity contribution in [3.05, 3.63) is 41.7 Å². The van der Waals surface area contributed by atoms with Gasteiger partial charge in [-0.25, -0.2) is 0 Å². The van der Waals surface area contributed by atoms with Crippen LogP contribution in [-0.2, 0) is 14.2 Å². The molecule has 0 amide bonds. The number of rotatable bonds is 5. The summed E-state index contributed by atoms with van der Waals surface area (Å²) in [6.07, 6.45) is -15.2. The molecule has 1 aromatic rings. The van der Waals surface area contributed by atoms with E-state index in [0.29, 0.717) is 5.56 Å². The molecule has 3 rings (SSSR count). The Morgan fingerprint density at radius 1 is 0.867 bits per heavy atom. The van der Waals surface area contributed by atoms with Gasteiger partial charge < -0.3 is 55.1 Å². The summed E-state index contributed by atoms with van der Waals surface area (Å²) in [6, 6.07) is 8.55. The molecule has 0 unspecified atom stereocenters. The van der Waals surface area contributed by atoms with Crippen molar-refractivity contribution in [1.82, 2.24) is 0 Å². The zero-order valence-corrected chi connectivity index (χ0v) is 15.7. The molecule has 0 aromatic heterocycles. The van der Waals surface area contributed by atoms with Gasteiger partial charge in [-0.15, -0.1) is 0 Å². The standard InChI is InChI=1S/C19H26O11/c20-7-10-11(22)12(23)15(26)19(28-10)30-17-13(24)14(25)18(27)29-16(17)9(21)6-8-4-2-1-3-5-8/h1-6,10-27H,7H2/t10-,11-,12+,13-,14-,15-,16-,17+,18-,19-/m1/s1. The number of aliphatic hydroxyl groups excluding tert-OH is 8. The summed E-state index contributed by atoms with van der Waals surface area (Å²) in [4.78, 5) is 0. The molecule has 2 aliphatic rings. The van der Waals surface area contributed by atoms with Crippen LogP contribution in [0.3, 0.4) is 0 Å². The second kappa shape index (κ2) is 9.66. The summed E-state index contributed by atoms with van der Waals surface area (Å²) in [5, 5.41) is 80.0. The molecule has 30 heavy (non-hydrogen) atoms. The minimum atomic E-state index is -1.84. The molecule has 2 fully saturated rings. The maximum Gasteiger partial charge on any atom is 0.187 e. The molecule has 11 heteroatoms. The fraction of sp³-hybridized carbons (Fsp3) is 0.579. The number of hydrogen-bond acceptors (Lipinski definition) is 11. The summed E-state index contributed by atoms with van der Waals surface area (Å²) >= 11 is 0. The molecule has 2 saturated heterocycles. The van der Waals surface area contributed by atoms with E-state index < -0.39 is 73.8 Å². The van der Waals surface area contributed by atoms with Gasteiger partial charge in [0.25, 0.3) is 0 Å². The van der Waals surface area contributed by atoms with Crippen LogP contribution in [0.4, 0.5) is 0 Å². The minimum Gasteiger partial charge on any atom is -0.509 e. The average molecular weight is 430 g/mol. The number of benzene rings is 1. The van der Waals surface area contributed by atoms with Gasteiger partial charge in [-0.05, 0) is 11.6 Å². The first-order valence-electron chi connectivity index (χ1n) is 9.35. The molecule has 10 atom stereocenters. The molecule has 2 heterocycles. The Hall–Kier alpha value is -1.64. The van der Waals surface area contributed by atoms with Crippen molar-refractivity contribution in [1.29, 1.82) is 0 Å². The average Bonchev–Trinajstić information content (AvgIpc) is 2.74. The van der Waals surface area contributed by atoms with E-state index in [4.69, 9.17) is 14.2 Å². The molecule has 0 saturated carbocycles. The van der Waals surface area contributed by atoms with Gasteiger partial charge in [0.1, 0.15) is 54.6 Å². The van der Waals surface area contributed by atoms with Crippen LogP contribution in [-0.4, -0.2) is 109 Å². The van der Waals surface area contributed by atoms with Gasteiger partial charge in [-0.1, -0.05) is 30.3 Å². The van der Waals surface area contributed by atoms with Gasteiger partial charge in [-0.2, -0.15) is 0 Å². The summed E-state index contributed by atoms with van der Waals surface area (Å²) in [7, 11) is 0. The third kappa shape index (κ3) is 4.65. The molecule has 0 radical (unpaired) electrons. The first-order chi connectivity index (χ1) is 14.2. The smallest absolute Gasteiger partial charge is 0.187 e. The lowest BCUT2D eigenvalue weighted by molar-refractivity contribution is -0.351. The van der Waals surface area contributed by atoms with E-state index in [1.54, 1.807) is 30.3 Å². The third-order valence-electron chi connectivity index (χ3n) is 5.11. The normalized spacial score (nSPS) is 42.8. The van der Waals surface area contributed by atoms with E-state index in [1.807, 2.05) is 0 Å². The van der Waals surface area contributed by atoms with E-state index in [0.717, 1.165) is 0 Å². The highest BCUT2D eigenvalue weighted by atomic mass is 16.7. The summed E-state index contributed by atoms with van der Waals surface area (Å²) in [5.74, 6) is -0.458. The lowest BCUT2D eigenvalue weighted by Gasteiger charge is -2.45. The van der Waals surface area contributed by atoms with E-state index in [9.17, 15) is 40.9 Å². The highest BCUT2D eigenvalue weighted by Gasteiger charge is 2.51. The molecule has 0 aliphatic carbocycles. The Morgan fingerprint density at radius 2 is 1.53 bits per heavy atom. The Bertz CT molecular complexity index is 712. The first kappa shape index (κ1) is 23.0. The molecule has 0 spiro atoms. The lowest BCUT2D eigenvalue weighted by Crippen LogP contribution is -2.64. The molecular weight excluding hydrogens is 404 g/mol. The van der Waals surface area contributed by atoms with Crippen LogP contribution in [0.5, 0.6) is 0 Å². The zero-order chi connectivity index (χ0) is 22.0. The van der Waals surface area contributed by atoms with Gasteiger partial charge >= 0.3 is 0 Å². The van der Waals surface area contributed by atoms with Gasteiger partial charge in [0.05, 0.1) is 6.61 Å². The quantitative estimate of drug-likeness (QED) is 0.225. The molecule has 1 aromatic carbocycles. The van der Waals surface area contributed by atoms with Crippen molar-refractivity contribution in [2.45, 2.75) is 61.4 Å². The van der Waals surface area contributed by atoms with Gasteiger partial charge in [-0.3, -0.25) is 0 Å². The van der Waals surface area contributed by atoms with Crippen molar-refractivity contribution in [3.63, 3.8) is 0 Å². The Morgan fingerprint density at radius 3 is 2.17 bits per heavy atom. The molecule has 8 N–H and O–H groups in total. The topological polar surface area (TPSA) is 190 Å². The van der Waals surface area contributed by atoms with Crippen LogP contribution >= 0.6 is 0 Å². The number of aliphatic hydroxyl groups is 8. The second-order valence-electron chi connectivity index (χ2n) is 7.21. The Labute approximate surface area is 171 Å². The zero-order valence-electron chi connectivity index (χ0n) is 15.7. The summed E-state index contributed by atoms with van der Waals surface area (Å²) in [6.45, 7) is -0.696. The van der Waals surface area contributed by atoms with Crippen LogP contribution in [0.15, 0.2) is 36.1 Å². The molecule has 2 aliphatic heterocycles. The van der Waals surface area contributed by atoms with Crippen LogP contribution in [0.25, 0.3) is 6.08 Å². The molecular formula is C19H26O11. The van der Waals surface area contributed by atoms with Crippen LogP contribution in [0.1, 0.15) is 5.56 Å². The van der Waals surface area contributed by atoms with Crippen LogP contribution < -0.4 is 0 Å². The van der Waals surface area contributed by atoms with Crippen molar-refractivity contribution in [2.75, 3.05) is 6.61 Å². The maximum absolute atomic E-state index is 10.5. The van der Waals surface area contributed by atoms with E-state index in [-0.39, 0.29) is 0 Å². The van der Waals surface area contributed by atoms with Gasteiger partial charge in [0.15, 0.2) is 12.6 Å². The van der Waals surface area contributed by atoms with E-state index in [2.05, 4.69) is 0 Å². The van der Waals surface area contributed by atoms with Crippen LogP contribution in [0.2, 0.25) is 0 Å². The van der Waals surface area contributed by atoms with Crippen molar-refractivity contribution < 1.29 is 55.1 Å². The van der Waals surface area contributed by atoms with E-state index >= 15 is 0 Å². The fourth-order valence-corrected chi connectivity index (χ4v) is 3.38. The summed E-state index contributed by atoms with van der Waals surface area (Å²) in [5.41, 5.74) is 0.570. The maximum atomic E-state index is 10.5. The second-order valence-corrected chi connectivity index (χ2v) is 7.21. The SMILES string of the molecule is OC[C@H]1O[C@H](O[C@H]2[C@H](O)[C@@H](O)[C@H](O)O[C@@H]2C(O)=Cc2ccccc2)[C@H](O)[C@@H](O)[C@@H]1O. The Balaban J connectivity index is 1.85. The van der Waals surface area contributed by atoms with Crippen molar-refractivity contribution >= 4 is 6.08 Å². The predicted octanol–water partition coefficient (Wildman–Crippen LogP) is -2.79. The lowest BCUT2D eigenvalue weighted by atomic mass is 9.95. The molecule has 11 nitrogen and oxygen atoms in total. The summed E-state index contributed by atoms with van der Waals surface area (Å²) < 4.78 is 15.9. The highest BCUT2D eigenvalue weighted by molar-refractivity contribution is 5.51. The molecule has 0 bridgehead atoms. The minimum absolute atomic E-state index is 0.458. The van der Waals surface area contributed by atoms with Gasteiger partial charge in [0.2, 0.25) is 0 Å². The monoisotopic (exact) mass is 430 g/mol. The third-order valence-corrected chi connectivity index (χ3v) is 5.11. The molecule has 168 valence electrons. The predicted molar refractivity (Wildman–Crippen MR) is 98.6 cm³/mol. The number of ether oxygens (including phenoxy) is 3. The van der Waals surface area contributed by atoms with Gasteiger partial charge in [0, 0.05) is 0 Å². The fourth-order valence-electron chi connectivity index (χ4n) is 3.38. The number of hydrogen-bond donors (Lipinski definition) is 8. The van der Waals surface area contributed by atoms with Crippen LogP contribution in [0, 0.1) is 0 Å². The van der Waals surface area contributed by atoms with Crippen molar-refractivity contribution in [3.8, 4) is 0 Å². The van der Waals surface area contributed by atoms with E-state index in [1.165, 1.54) is 6.08 Å². The largest absolute Gasteiger partial charge is 0.509 e.